The van der Waals surface area contributed by atoms with Gasteiger partial charge in [-0.05, 0) is 33.6 Å². The zero-order valence-electron chi connectivity index (χ0n) is 7.71. The van der Waals surface area contributed by atoms with Gasteiger partial charge < -0.3 is 9.25 Å². The molecule has 0 fully saturated rings. The molecular formula is C10H10BrNO2. The Labute approximate surface area is 90.1 Å². The van der Waals surface area contributed by atoms with Crippen LogP contribution in [0.5, 0.6) is 0 Å². The fourth-order valence-electron chi connectivity index (χ4n) is 1.31. The number of benzene rings is 1. The monoisotopic (exact) mass is 255 g/mol. The molecule has 2 aromatic rings. The standard InChI is InChI=1S/C10H10BrNO2/c1-13-12-5-7-2-3-10-8(4-7)9(11)6-14-10/h2-4,6,12H,5H2,1H3. The molecule has 0 bridgehead atoms. The van der Waals surface area contributed by atoms with Crippen LogP contribution in [0, 0.1) is 0 Å². The molecule has 0 saturated heterocycles. The number of halogens is 1. The van der Waals surface area contributed by atoms with Crippen molar-refractivity contribution in [3.8, 4) is 0 Å². The van der Waals surface area contributed by atoms with Crippen LogP contribution < -0.4 is 5.48 Å². The molecule has 0 aliphatic carbocycles. The van der Waals surface area contributed by atoms with Gasteiger partial charge in [-0.15, -0.1) is 0 Å². The summed E-state index contributed by atoms with van der Waals surface area (Å²) < 4.78 is 6.29. The largest absolute Gasteiger partial charge is 0.463 e. The van der Waals surface area contributed by atoms with Crippen molar-refractivity contribution in [2.24, 2.45) is 0 Å². The van der Waals surface area contributed by atoms with Crippen LogP contribution in [-0.2, 0) is 11.4 Å². The van der Waals surface area contributed by atoms with Gasteiger partial charge in [0.25, 0.3) is 0 Å². The van der Waals surface area contributed by atoms with Gasteiger partial charge in [0.05, 0.1) is 11.6 Å². The third-order valence-electron chi connectivity index (χ3n) is 2.01. The lowest BCUT2D eigenvalue weighted by molar-refractivity contribution is 0.0867. The van der Waals surface area contributed by atoms with E-state index in [9.17, 15) is 0 Å². The number of fused-ring (bicyclic) bond motifs is 1. The number of hydroxylamine groups is 1. The van der Waals surface area contributed by atoms with E-state index in [4.69, 9.17) is 9.25 Å². The van der Waals surface area contributed by atoms with Gasteiger partial charge in [-0.2, -0.15) is 5.48 Å². The van der Waals surface area contributed by atoms with Crippen molar-refractivity contribution in [3.63, 3.8) is 0 Å². The minimum Gasteiger partial charge on any atom is -0.463 e. The number of hydrogen-bond donors (Lipinski definition) is 1. The van der Waals surface area contributed by atoms with Gasteiger partial charge in [-0.1, -0.05) is 6.07 Å². The first-order valence-corrected chi connectivity index (χ1v) is 5.02. The van der Waals surface area contributed by atoms with Crippen LogP contribution in [0.25, 0.3) is 11.0 Å². The Morgan fingerprint density at radius 2 is 2.36 bits per heavy atom. The molecule has 14 heavy (non-hydrogen) atoms. The zero-order chi connectivity index (χ0) is 9.97. The lowest BCUT2D eigenvalue weighted by Gasteiger charge is -2.01. The molecule has 0 radical (unpaired) electrons. The van der Waals surface area contributed by atoms with Gasteiger partial charge in [0.2, 0.25) is 0 Å². The molecule has 1 aromatic carbocycles. The molecule has 3 nitrogen and oxygen atoms in total. The first-order chi connectivity index (χ1) is 6.81. The summed E-state index contributed by atoms with van der Waals surface area (Å²) in [7, 11) is 1.60. The molecule has 0 atom stereocenters. The SMILES string of the molecule is CONCc1ccc2occ(Br)c2c1. The highest BCUT2D eigenvalue weighted by molar-refractivity contribution is 9.10. The summed E-state index contributed by atoms with van der Waals surface area (Å²) in [4.78, 5) is 4.78. The van der Waals surface area contributed by atoms with E-state index in [1.807, 2.05) is 12.1 Å². The molecule has 74 valence electrons. The highest BCUT2D eigenvalue weighted by Gasteiger charge is 2.03. The topological polar surface area (TPSA) is 34.4 Å². The van der Waals surface area contributed by atoms with Gasteiger partial charge in [-0.25, -0.2) is 0 Å². The van der Waals surface area contributed by atoms with Gasteiger partial charge in [0.1, 0.15) is 11.8 Å². The predicted octanol–water partition coefficient (Wildman–Crippen LogP) is 2.85. The van der Waals surface area contributed by atoms with Crippen molar-refractivity contribution in [1.82, 2.24) is 5.48 Å². The molecule has 1 N–H and O–H groups in total. The Hall–Kier alpha value is -0.840. The first-order valence-electron chi connectivity index (χ1n) is 4.22. The number of furan rings is 1. The summed E-state index contributed by atoms with van der Waals surface area (Å²) in [5, 5.41) is 1.08. The molecule has 0 aliphatic heterocycles. The van der Waals surface area contributed by atoms with Crippen LogP contribution in [0.2, 0.25) is 0 Å². The summed E-state index contributed by atoms with van der Waals surface area (Å²) in [6.07, 6.45) is 1.69. The smallest absolute Gasteiger partial charge is 0.135 e. The Balaban J connectivity index is 2.34. The molecular weight excluding hydrogens is 246 g/mol. The summed E-state index contributed by atoms with van der Waals surface area (Å²) in [5.41, 5.74) is 4.84. The maximum atomic E-state index is 5.31. The van der Waals surface area contributed by atoms with Crippen molar-refractivity contribution < 1.29 is 9.25 Å². The maximum Gasteiger partial charge on any atom is 0.135 e. The van der Waals surface area contributed by atoms with Crippen LogP contribution >= 0.6 is 15.9 Å². The fraction of sp³-hybridized carbons (Fsp3) is 0.200. The third kappa shape index (κ3) is 1.82. The van der Waals surface area contributed by atoms with Crippen LogP contribution in [0.1, 0.15) is 5.56 Å². The number of hydrogen-bond acceptors (Lipinski definition) is 3. The van der Waals surface area contributed by atoms with Crippen molar-refractivity contribution in [1.29, 1.82) is 0 Å². The summed E-state index contributed by atoms with van der Waals surface area (Å²) >= 11 is 3.42. The van der Waals surface area contributed by atoms with Gasteiger partial charge in [0, 0.05) is 11.9 Å². The summed E-state index contributed by atoms with van der Waals surface area (Å²) in [6, 6.07) is 6.02. The second-order valence-electron chi connectivity index (χ2n) is 2.94. The minimum atomic E-state index is 0.685. The Morgan fingerprint density at radius 1 is 1.50 bits per heavy atom. The molecule has 1 aromatic heterocycles. The predicted molar refractivity (Wildman–Crippen MR) is 57.8 cm³/mol. The molecule has 2 rings (SSSR count). The number of nitrogens with one attached hydrogen (secondary N) is 1. The highest BCUT2D eigenvalue weighted by Crippen LogP contribution is 2.26. The highest BCUT2D eigenvalue weighted by atomic mass is 79.9. The molecule has 0 unspecified atom stereocenters. The van der Waals surface area contributed by atoms with E-state index < -0.39 is 0 Å². The lowest BCUT2D eigenvalue weighted by Crippen LogP contribution is -2.10. The van der Waals surface area contributed by atoms with Crippen LogP contribution in [0.3, 0.4) is 0 Å². The molecule has 4 heteroatoms. The zero-order valence-corrected chi connectivity index (χ0v) is 9.30. The first kappa shape index (κ1) is 9.71. The van der Waals surface area contributed by atoms with Crippen molar-refractivity contribution in [2.75, 3.05) is 7.11 Å². The van der Waals surface area contributed by atoms with Gasteiger partial charge >= 0.3 is 0 Å². The Kier molecular flexibility index (Phi) is 2.86. The van der Waals surface area contributed by atoms with Crippen LogP contribution in [-0.4, -0.2) is 7.11 Å². The van der Waals surface area contributed by atoms with E-state index in [-0.39, 0.29) is 0 Å². The average Bonchev–Trinajstić information content (AvgIpc) is 2.57. The fourth-order valence-corrected chi connectivity index (χ4v) is 1.71. The number of rotatable bonds is 3. The van der Waals surface area contributed by atoms with Gasteiger partial charge in [-0.3, -0.25) is 0 Å². The van der Waals surface area contributed by atoms with Gasteiger partial charge in [0.15, 0.2) is 0 Å². The second kappa shape index (κ2) is 4.13. The molecule has 0 saturated carbocycles. The second-order valence-corrected chi connectivity index (χ2v) is 3.79. The van der Waals surface area contributed by atoms with Crippen LogP contribution in [0.4, 0.5) is 0 Å². The van der Waals surface area contributed by atoms with E-state index in [1.165, 1.54) is 0 Å². The summed E-state index contributed by atoms with van der Waals surface area (Å²) in [6.45, 7) is 0.685. The Bertz CT molecular complexity index is 439. The normalized spacial score (nSPS) is 11.0. The lowest BCUT2D eigenvalue weighted by atomic mass is 10.2. The van der Waals surface area contributed by atoms with E-state index in [1.54, 1.807) is 13.4 Å². The van der Waals surface area contributed by atoms with Crippen molar-refractivity contribution >= 4 is 26.9 Å². The van der Waals surface area contributed by atoms with E-state index in [0.29, 0.717) is 6.54 Å². The maximum absolute atomic E-state index is 5.31. The van der Waals surface area contributed by atoms with Crippen LogP contribution in [0.15, 0.2) is 33.4 Å². The van der Waals surface area contributed by atoms with E-state index in [2.05, 4.69) is 27.5 Å². The minimum absolute atomic E-state index is 0.685. The Morgan fingerprint density at radius 3 is 3.14 bits per heavy atom. The molecule has 1 heterocycles. The average molecular weight is 256 g/mol. The molecule has 0 amide bonds. The quantitative estimate of drug-likeness (QED) is 0.857. The molecule has 0 spiro atoms. The van der Waals surface area contributed by atoms with E-state index >= 15 is 0 Å². The van der Waals surface area contributed by atoms with Crippen molar-refractivity contribution in [2.45, 2.75) is 6.54 Å². The van der Waals surface area contributed by atoms with E-state index in [0.717, 1.165) is 21.0 Å². The molecule has 0 aliphatic rings. The third-order valence-corrected chi connectivity index (χ3v) is 2.63. The van der Waals surface area contributed by atoms with Crippen molar-refractivity contribution in [3.05, 3.63) is 34.5 Å². The summed E-state index contributed by atoms with van der Waals surface area (Å²) in [5.74, 6) is 0.